The number of aromatic nitrogens is 1. The lowest BCUT2D eigenvalue weighted by atomic mass is 10.2. The first-order chi connectivity index (χ1) is 10.4. The van der Waals surface area contributed by atoms with E-state index in [1.807, 2.05) is 13.8 Å². The van der Waals surface area contributed by atoms with Gasteiger partial charge < -0.3 is 5.32 Å². The molecule has 22 heavy (non-hydrogen) atoms. The number of nitro benzene ring substituents is 1. The molecule has 1 heterocycles. The Kier molecular flexibility index (Phi) is 4.96. The number of non-ortho nitro benzene ring substituents is 1. The summed E-state index contributed by atoms with van der Waals surface area (Å²) in [4.78, 5) is 27.4. The molecule has 116 valence electrons. The van der Waals surface area contributed by atoms with Crippen LogP contribution >= 0.6 is 10.7 Å². The molecule has 0 amide bonds. The number of nitrogens with two attached hydrogens (primary N) is 1. The van der Waals surface area contributed by atoms with Gasteiger partial charge in [0, 0.05) is 25.6 Å². The average molecular weight is 321 g/mol. The highest BCUT2D eigenvalue weighted by molar-refractivity contribution is 7.32. The normalized spacial score (nSPS) is 11.5. The summed E-state index contributed by atoms with van der Waals surface area (Å²) in [6.45, 7) is 4.30. The van der Waals surface area contributed by atoms with Gasteiger partial charge in [-0.15, -0.1) is 5.14 Å². The lowest BCUT2D eigenvalue weighted by Crippen LogP contribution is -2.23. The molecule has 1 aromatic carbocycles. The van der Waals surface area contributed by atoms with E-state index in [0.717, 1.165) is 16.1 Å². The Bertz CT molecular complexity index is 710. The fourth-order valence-electron chi connectivity index (χ4n) is 1.90. The Morgan fingerprint density at radius 1 is 1.36 bits per heavy atom. The Balaban J connectivity index is 1.91. The minimum atomic E-state index is -0.707. The Morgan fingerprint density at radius 2 is 2.00 bits per heavy atom. The van der Waals surface area contributed by atoms with Gasteiger partial charge in [-0.25, -0.2) is 0 Å². The minimum absolute atomic E-state index is 0.0457. The van der Waals surface area contributed by atoms with Crippen LogP contribution in [-0.4, -0.2) is 22.2 Å². The van der Waals surface area contributed by atoms with Gasteiger partial charge in [0.05, 0.1) is 22.1 Å². The number of carbonyl (C=O) groups is 1. The van der Waals surface area contributed by atoms with Gasteiger partial charge >= 0.3 is 5.01 Å². The second kappa shape index (κ2) is 6.73. The lowest BCUT2D eigenvalue weighted by molar-refractivity contribution is -0.384. The van der Waals surface area contributed by atoms with E-state index in [2.05, 4.69) is 10.3 Å². The molecule has 7 nitrogen and oxygen atoms in total. The maximum atomic E-state index is 12.1. The van der Waals surface area contributed by atoms with Gasteiger partial charge in [0.2, 0.25) is 0 Å². The van der Waals surface area contributed by atoms with Crippen LogP contribution in [0, 0.1) is 24.0 Å². The van der Waals surface area contributed by atoms with Gasteiger partial charge in [-0.1, -0.05) is 12.1 Å². The predicted molar refractivity (Wildman–Crippen MR) is 85.5 cm³/mol. The topological polar surface area (TPSA) is 111 Å². The molecule has 2 aromatic rings. The summed E-state index contributed by atoms with van der Waals surface area (Å²) in [5.41, 5.74) is 1.72. The van der Waals surface area contributed by atoms with Crippen molar-refractivity contribution in [3.8, 4) is 0 Å². The van der Waals surface area contributed by atoms with E-state index in [4.69, 9.17) is 5.14 Å². The van der Waals surface area contributed by atoms with Crippen molar-refractivity contribution in [2.45, 2.75) is 20.4 Å². The molecule has 0 aliphatic carbocycles. The van der Waals surface area contributed by atoms with E-state index in [1.165, 1.54) is 12.1 Å². The van der Waals surface area contributed by atoms with E-state index < -0.39 is 15.6 Å². The Labute approximate surface area is 130 Å². The average Bonchev–Trinajstić information content (AvgIpc) is 2.75. The van der Waals surface area contributed by atoms with Gasteiger partial charge in [0.15, 0.2) is 4.88 Å². The second-order valence-electron chi connectivity index (χ2n) is 4.85. The van der Waals surface area contributed by atoms with Crippen LogP contribution in [0.25, 0.3) is 0 Å². The largest absolute Gasteiger partial charge is 0.332 e. The first-order valence-electron chi connectivity index (χ1n) is 6.62. The monoisotopic (exact) mass is 321 g/mol. The molecule has 1 aromatic heterocycles. The molecule has 2 rings (SSSR count). The number of carbonyl (C=O) groups excluding carboxylic acids is 1. The van der Waals surface area contributed by atoms with Gasteiger partial charge in [0.25, 0.3) is 11.5 Å². The van der Waals surface area contributed by atoms with Crippen molar-refractivity contribution in [2.75, 3.05) is 11.7 Å². The van der Waals surface area contributed by atoms with Crippen LogP contribution in [0.15, 0.2) is 24.3 Å². The van der Waals surface area contributed by atoms with E-state index >= 15 is 0 Å². The zero-order chi connectivity index (χ0) is 16.3. The van der Waals surface area contributed by atoms with Crippen LogP contribution in [0.3, 0.4) is 0 Å². The fraction of sp³-hybridized carbons (Fsp3) is 0.286. The number of nitrogens with one attached hydrogen (secondary N) is 1. The van der Waals surface area contributed by atoms with Crippen molar-refractivity contribution < 1.29 is 9.72 Å². The highest BCUT2D eigenvalue weighted by Crippen LogP contribution is 2.24. The Hall–Kier alpha value is -2.16. The smallest absolute Gasteiger partial charge is 0.305 e. The second-order valence-corrected chi connectivity index (χ2v) is 6.52. The molecule has 0 spiro atoms. The van der Waals surface area contributed by atoms with Gasteiger partial charge in [0.1, 0.15) is 5.69 Å². The quantitative estimate of drug-likeness (QED) is 0.364. The highest BCUT2D eigenvalue weighted by Gasteiger charge is 2.26. The molecule has 0 aliphatic heterocycles. The number of nitro groups is 1. The molecule has 0 radical (unpaired) electrons. The third-order valence-corrected chi connectivity index (χ3v) is 5.01. The molecule has 1 unspecified atom stereocenters. The summed E-state index contributed by atoms with van der Waals surface area (Å²) in [7, 11) is -0.707. The molecule has 0 saturated carbocycles. The summed E-state index contributed by atoms with van der Waals surface area (Å²) in [5.74, 6) is -0.121. The number of hydrogen-bond acceptors (Lipinski definition) is 6. The number of thiazole rings is 1. The minimum Gasteiger partial charge on any atom is -0.305 e. The fourth-order valence-corrected chi connectivity index (χ4v) is 3.11. The van der Waals surface area contributed by atoms with E-state index in [9.17, 15) is 14.9 Å². The number of aryl methyl sites for hydroxylation is 1. The highest BCUT2D eigenvalue weighted by atomic mass is 32.2. The lowest BCUT2D eigenvalue weighted by Gasteiger charge is -2.02. The van der Waals surface area contributed by atoms with Crippen LogP contribution in [0.2, 0.25) is 0 Å². The molecule has 1 atom stereocenters. The molecule has 0 aliphatic rings. The maximum absolute atomic E-state index is 12.1. The molecule has 3 N–H and O–H groups in total. The summed E-state index contributed by atoms with van der Waals surface area (Å²) in [5, 5.41) is 19.9. The van der Waals surface area contributed by atoms with Crippen molar-refractivity contribution in [2.24, 2.45) is 0 Å². The summed E-state index contributed by atoms with van der Waals surface area (Å²) in [6.07, 6.45) is 0. The van der Waals surface area contributed by atoms with Crippen molar-refractivity contribution >= 4 is 22.1 Å². The zero-order valence-corrected chi connectivity index (χ0v) is 13.1. The third kappa shape index (κ3) is 3.53. The summed E-state index contributed by atoms with van der Waals surface area (Å²) in [6, 6.07) is 6.19. The van der Waals surface area contributed by atoms with Crippen LogP contribution in [-0.2, 0) is 6.54 Å². The standard InChI is InChI=1S/C14H17N4O3S/c1-9-10(2)22(15)14(17-9)13(19)8-16-7-11-3-5-12(6-4-11)18(20)21/h3-6,16H,7-8,15H2,1-2H3/q+1. The van der Waals surface area contributed by atoms with Crippen LogP contribution < -0.4 is 10.5 Å². The van der Waals surface area contributed by atoms with Crippen LogP contribution in [0.1, 0.15) is 25.9 Å². The number of nitrogens with zero attached hydrogens (tertiary/aromatic N) is 2. The predicted octanol–water partition coefficient (Wildman–Crippen LogP) is 2.04. The molecular weight excluding hydrogens is 304 g/mol. The molecule has 0 fully saturated rings. The third-order valence-electron chi connectivity index (χ3n) is 3.32. The SMILES string of the molecule is Cc1nc(C(=O)CNCc2ccc([N+](=O)[O-])cc2)[s+](N)c1C. The zero-order valence-electron chi connectivity index (χ0n) is 12.3. The van der Waals surface area contributed by atoms with E-state index in [-0.39, 0.29) is 18.0 Å². The van der Waals surface area contributed by atoms with Gasteiger partial charge in [-0.3, -0.25) is 14.9 Å². The maximum Gasteiger partial charge on any atom is 0.332 e. The number of nitrogen functional groups attached to an aromatic ring is 1. The van der Waals surface area contributed by atoms with Crippen LogP contribution in [0.5, 0.6) is 0 Å². The number of rotatable bonds is 6. The number of hydrogen-bond donors (Lipinski definition) is 2. The number of benzene rings is 1. The summed E-state index contributed by atoms with van der Waals surface area (Å²) >= 11 is 0. The van der Waals surface area contributed by atoms with Crippen LogP contribution in [0.4, 0.5) is 5.69 Å². The van der Waals surface area contributed by atoms with Crippen molar-refractivity contribution in [3.63, 3.8) is 0 Å². The van der Waals surface area contributed by atoms with E-state index in [1.54, 1.807) is 12.1 Å². The molecule has 8 heteroatoms. The van der Waals surface area contributed by atoms with Crippen molar-refractivity contribution in [1.29, 1.82) is 0 Å². The first-order valence-corrected chi connectivity index (χ1v) is 7.91. The number of ketones is 1. The first kappa shape index (κ1) is 16.2. The van der Waals surface area contributed by atoms with Crippen molar-refractivity contribution in [1.82, 2.24) is 10.3 Å². The van der Waals surface area contributed by atoms with Gasteiger partial charge in [-0.05, 0) is 12.5 Å². The van der Waals surface area contributed by atoms with Crippen molar-refractivity contribution in [3.05, 3.63) is 55.5 Å². The molecule has 0 bridgehead atoms. The Morgan fingerprint density at radius 3 is 2.50 bits per heavy atom. The molecular formula is C14H17N4O3S+. The van der Waals surface area contributed by atoms with E-state index in [0.29, 0.717) is 11.6 Å². The summed E-state index contributed by atoms with van der Waals surface area (Å²) < 4.78 is 0. The molecule has 0 saturated heterocycles. The van der Waals surface area contributed by atoms with Gasteiger partial charge in [-0.2, -0.15) is 4.98 Å². The number of Topliss-reactive ketones (excluding diaryl/α,β-unsaturated/α-hetero) is 1.